The fourth-order valence-corrected chi connectivity index (χ4v) is 1.67. The number of nitrogens with two attached hydrogens (primary N) is 1. The zero-order valence-corrected chi connectivity index (χ0v) is 11.0. The number of hydrogen-bond acceptors (Lipinski definition) is 5. The molecule has 0 atom stereocenters. The average molecular weight is 278 g/mol. The van der Waals surface area contributed by atoms with Crippen LogP contribution in [-0.4, -0.2) is 20.7 Å². The fraction of sp³-hybridized carbons (Fsp3) is 0.308. The number of ether oxygens (including phenoxy) is 1. The number of rotatable bonds is 5. The molecular weight excluding hydrogens is 263 g/mol. The number of aromatic nitrogens is 3. The van der Waals surface area contributed by atoms with Gasteiger partial charge in [0, 0.05) is 6.54 Å². The molecule has 0 aliphatic rings. The van der Waals surface area contributed by atoms with E-state index in [4.69, 9.17) is 10.5 Å². The van der Waals surface area contributed by atoms with Gasteiger partial charge in [-0.2, -0.15) is 5.10 Å². The van der Waals surface area contributed by atoms with Gasteiger partial charge >= 0.3 is 5.97 Å². The van der Waals surface area contributed by atoms with Gasteiger partial charge in [0.05, 0.1) is 11.3 Å². The van der Waals surface area contributed by atoms with Crippen molar-refractivity contribution in [1.29, 1.82) is 0 Å². The molecule has 7 heteroatoms. The topological polar surface area (TPSA) is 83.0 Å². The van der Waals surface area contributed by atoms with Crippen LogP contribution < -0.4 is 5.73 Å². The van der Waals surface area contributed by atoms with Gasteiger partial charge in [0.1, 0.15) is 12.1 Å². The average Bonchev–Trinajstić information content (AvgIpc) is 2.87. The van der Waals surface area contributed by atoms with Crippen molar-refractivity contribution in [3.8, 4) is 0 Å². The van der Waals surface area contributed by atoms with E-state index >= 15 is 0 Å². The molecule has 1 heterocycles. The molecule has 106 valence electrons. The van der Waals surface area contributed by atoms with Gasteiger partial charge in [-0.25, -0.2) is 18.9 Å². The summed E-state index contributed by atoms with van der Waals surface area (Å²) in [6, 6.07) is 3.79. The summed E-state index contributed by atoms with van der Waals surface area (Å²) in [5, 5.41) is 4.02. The Morgan fingerprint density at radius 3 is 3.00 bits per heavy atom. The SMILES string of the molecule is CCCn1ncnc1COC(=O)c1ccc(N)c(F)c1. The number of aryl methyl sites for hydroxylation is 1. The van der Waals surface area contributed by atoms with E-state index in [1.54, 1.807) is 4.68 Å². The smallest absolute Gasteiger partial charge is 0.338 e. The van der Waals surface area contributed by atoms with Crippen LogP contribution in [0.5, 0.6) is 0 Å². The van der Waals surface area contributed by atoms with Crippen LogP contribution in [0.3, 0.4) is 0 Å². The first-order chi connectivity index (χ1) is 9.61. The van der Waals surface area contributed by atoms with Crippen LogP contribution >= 0.6 is 0 Å². The number of esters is 1. The van der Waals surface area contributed by atoms with Crippen molar-refractivity contribution in [3.63, 3.8) is 0 Å². The number of nitrogen functional groups attached to an aromatic ring is 1. The maximum Gasteiger partial charge on any atom is 0.338 e. The van der Waals surface area contributed by atoms with Crippen molar-refractivity contribution in [2.75, 3.05) is 5.73 Å². The van der Waals surface area contributed by atoms with Crippen LogP contribution in [0.2, 0.25) is 0 Å². The highest BCUT2D eigenvalue weighted by Crippen LogP contribution is 2.13. The van der Waals surface area contributed by atoms with E-state index in [9.17, 15) is 9.18 Å². The first kappa shape index (κ1) is 14.0. The Hall–Kier alpha value is -2.44. The molecule has 0 saturated carbocycles. The lowest BCUT2D eigenvalue weighted by Gasteiger charge is -2.06. The van der Waals surface area contributed by atoms with E-state index in [0.29, 0.717) is 12.4 Å². The Balaban J connectivity index is 2.01. The van der Waals surface area contributed by atoms with Crippen LogP contribution in [0, 0.1) is 5.82 Å². The third-order valence-electron chi connectivity index (χ3n) is 2.70. The molecule has 0 radical (unpaired) electrons. The van der Waals surface area contributed by atoms with Crippen molar-refractivity contribution >= 4 is 11.7 Å². The summed E-state index contributed by atoms with van der Waals surface area (Å²) in [6.07, 6.45) is 2.30. The van der Waals surface area contributed by atoms with E-state index < -0.39 is 11.8 Å². The molecular formula is C13H15FN4O2. The van der Waals surface area contributed by atoms with Crippen LogP contribution in [0.1, 0.15) is 29.5 Å². The third kappa shape index (κ3) is 3.11. The number of halogens is 1. The molecule has 0 unspecified atom stereocenters. The van der Waals surface area contributed by atoms with E-state index in [-0.39, 0.29) is 17.9 Å². The molecule has 2 rings (SSSR count). The number of hydrogen-bond donors (Lipinski definition) is 1. The molecule has 0 bridgehead atoms. The Labute approximate surface area is 115 Å². The summed E-state index contributed by atoms with van der Waals surface area (Å²) >= 11 is 0. The molecule has 0 aliphatic carbocycles. The zero-order valence-electron chi connectivity index (χ0n) is 11.0. The van der Waals surface area contributed by atoms with Crippen LogP contribution in [0.15, 0.2) is 24.5 Å². The summed E-state index contributed by atoms with van der Waals surface area (Å²) in [6.45, 7) is 2.70. The van der Waals surface area contributed by atoms with Crippen LogP contribution in [0.25, 0.3) is 0 Å². The maximum atomic E-state index is 13.3. The minimum Gasteiger partial charge on any atom is -0.454 e. The minimum atomic E-state index is -0.645. The van der Waals surface area contributed by atoms with Gasteiger partial charge in [-0.1, -0.05) is 6.92 Å². The fourth-order valence-electron chi connectivity index (χ4n) is 1.67. The van der Waals surface area contributed by atoms with E-state index in [1.165, 1.54) is 18.5 Å². The molecule has 20 heavy (non-hydrogen) atoms. The van der Waals surface area contributed by atoms with E-state index in [0.717, 1.165) is 12.5 Å². The lowest BCUT2D eigenvalue weighted by atomic mass is 10.2. The first-order valence-electron chi connectivity index (χ1n) is 6.20. The Bertz CT molecular complexity index is 612. The van der Waals surface area contributed by atoms with Crippen LogP contribution in [-0.2, 0) is 17.9 Å². The second-order valence-electron chi connectivity index (χ2n) is 4.21. The summed E-state index contributed by atoms with van der Waals surface area (Å²) < 4.78 is 20.0. The van der Waals surface area contributed by atoms with Crippen molar-refractivity contribution in [2.24, 2.45) is 0 Å². The van der Waals surface area contributed by atoms with Gasteiger partial charge in [0.25, 0.3) is 0 Å². The second-order valence-corrected chi connectivity index (χ2v) is 4.21. The first-order valence-corrected chi connectivity index (χ1v) is 6.20. The third-order valence-corrected chi connectivity index (χ3v) is 2.70. The quantitative estimate of drug-likeness (QED) is 0.665. The molecule has 0 saturated heterocycles. The standard InChI is InChI=1S/C13H15FN4O2/c1-2-5-18-12(16-8-17-18)7-20-13(19)9-3-4-11(15)10(14)6-9/h3-4,6,8H,2,5,7,15H2,1H3. The van der Waals surface area contributed by atoms with Crippen molar-refractivity contribution in [3.05, 3.63) is 41.7 Å². The van der Waals surface area contributed by atoms with Crippen LogP contribution in [0.4, 0.5) is 10.1 Å². The monoisotopic (exact) mass is 278 g/mol. The number of carbonyl (C=O) groups is 1. The number of benzene rings is 1. The largest absolute Gasteiger partial charge is 0.454 e. The summed E-state index contributed by atoms with van der Waals surface area (Å²) in [5.41, 5.74) is 5.44. The lowest BCUT2D eigenvalue weighted by molar-refractivity contribution is 0.0456. The molecule has 0 fully saturated rings. The van der Waals surface area contributed by atoms with Gasteiger partial charge < -0.3 is 10.5 Å². The second kappa shape index (κ2) is 6.14. The van der Waals surface area contributed by atoms with Gasteiger partial charge in [-0.3, -0.25) is 0 Å². The summed E-state index contributed by atoms with van der Waals surface area (Å²) in [4.78, 5) is 15.8. The molecule has 2 N–H and O–H groups in total. The lowest BCUT2D eigenvalue weighted by Crippen LogP contribution is -2.11. The Morgan fingerprint density at radius 2 is 2.30 bits per heavy atom. The number of carbonyl (C=O) groups excluding carboxylic acids is 1. The Kier molecular flexibility index (Phi) is 4.29. The number of anilines is 1. The van der Waals surface area contributed by atoms with Crippen molar-refractivity contribution in [1.82, 2.24) is 14.8 Å². The van der Waals surface area contributed by atoms with Crippen molar-refractivity contribution in [2.45, 2.75) is 26.5 Å². The van der Waals surface area contributed by atoms with Gasteiger partial charge in [-0.05, 0) is 24.6 Å². The molecule has 1 aromatic carbocycles. The molecule has 1 aromatic heterocycles. The molecule has 2 aromatic rings. The molecule has 0 spiro atoms. The summed E-state index contributed by atoms with van der Waals surface area (Å²) in [7, 11) is 0. The Morgan fingerprint density at radius 1 is 1.50 bits per heavy atom. The molecule has 0 amide bonds. The number of nitrogens with zero attached hydrogens (tertiary/aromatic N) is 3. The highest BCUT2D eigenvalue weighted by molar-refractivity contribution is 5.89. The van der Waals surface area contributed by atoms with Gasteiger partial charge in [0.2, 0.25) is 0 Å². The predicted molar refractivity (Wildman–Crippen MR) is 70.2 cm³/mol. The predicted octanol–water partition coefficient (Wildman–Crippen LogP) is 1.77. The zero-order chi connectivity index (χ0) is 14.5. The highest BCUT2D eigenvalue weighted by atomic mass is 19.1. The van der Waals surface area contributed by atoms with Crippen molar-refractivity contribution < 1.29 is 13.9 Å². The highest BCUT2D eigenvalue weighted by Gasteiger charge is 2.12. The van der Waals surface area contributed by atoms with Gasteiger partial charge in [-0.15, -0.1) is 0 Å². The molecule has 0 aliphatic heterocycles. The van der Waals surface area contributed by atoms with E-state index in [2.05, 4.69) is 10.1 Å². The minimum absolute atomic E-state index is 0.00910. The van der Waals surface area contributed by atoms with Gasteiger partial charge in [0.15, 0.2) is 12.4 Å². The summed E-state index contributed by atoms with van der Waals surface area (Å²) in [5.74, 6) is -0.723. The normalized spacial score (nSPS) is 10.5. The maximum absolute atomic E-state index is 13.3. The molecule has 6 nitrogen and oxygen atoms in total. The van der Waals surface area contributed by atoms with E-state index in [1.807, 2.05) is 6.92 Å².